The van der Waals surface area contributed by atoms with Crippen LogP contribution >= 0.6 is 0 Å². The SMILES string of the molecule is COc1ccc([C@H](CNC(=O)COc2ccc(C)cc2)N2CCCC2)cc1. The maximum absolute atomic E-state index is 12.3. The van der Waals surface area contributed by atoms with Crippen molar-refractivity contribution in [3.8, 4) is 11.5 Å². The quantitative estimate of drug-likeness (QED) is 0.776. The average Bonchev–Trinajstić information content (AvgIpc) is 3.23. The Morgan fingerprint density at radius 3 is 2.30 bits per heavy atom. The Kier molecular flexibility index (Phi) is 6.71. The first-order chi connectivity index (χ1) is 13.2. The molecule has 1 aliphatic heterocycles. The number of aryl methyl sites for hydroxylation is 1. The number of benzene rings is 2. The minimum Gasteiger partial charge on any atom is -0.497 e. The predicted molar refractivity (Wildman–Crippen MR) is 106 cm³/mol. The number of ether oxygens (including phenoxy) is 2. The summed E-state index contributed by atoms with van der Waals surface area (Å²) in [4.78, 5) is 14.7. The van der Waals surface area contributed by atoms with Crippen molar-refractivity contribution >= 4 is 5.91 Å². The smallest absolute Gasteiger partial charge is 0.258 e. The molecular weight excluding hydrogens is 340 g/mol. The molecule has 0 aliphatic carbocycles. The fourth-order valence-corrected chi connectivity index (χ4v) is 3.38. The van der Waals surface area contributed by atoms with E-state index in [1.165, 1.54) is 24.0 Å². The molecular formula is C22H28N2O3. The average molecular weight is 368 g/mol. The van der Waals surface area contributed by atoms with Crippen molar-refractivity contribution in [3.05, 3.63) is 59.7 Å². The minimum atomic E-state index is -0.103. The third-order valence-corrected chi connectivity index (χ3v) is 4.97. The summed E-state index contributed by atoms with van der Waals surface area (Å²) >= 11 is 0. The fourth-order valence-electron chi connectivity index (χ4n) is 3.38. The molecule has 0 bridgehead atoms. The summed E-state index contributed by atoms with van der Waals surface area (Å²) in [5, 5.41) is 3.03. The topological polar surface area (TPSA) is 50.8 Å². The van der Waals surface area contributed by atoms with E-state index in [4.69, 9.17) is 9.47 Å². The van der Waals surface area contributed by atoms with Crippen LogP contribution in [-0.4, -0.2) is 44.2 Å². The molecule has 0 aromatic heterocycles. The Morgan fingerprint density at radius 1 is 1.04 bits per heavy atom. The molecule has 1 aliphatic rings. The first-order valence-corrected chi connectivity index (χ1v) is 9.50. The molecule has 5 heteroatoms. The Labute approximate surface area is 161 Å². The molecule has 5 nitrogen and oxygen atoms in total. The van der Waals surface area contributed by atoms with E-state index >= 15 is 0 Å². The zero-order valence-corrected chi connectivity index (χ0v) is 16.1. The summed E-state index contributed by atoms with van der Waals surface area (Å²) in [5.74, 6) is 1.45. The van der Waals surface area contributed by atoms with Gasteiger partial charge in [0.25, 0.3) is 5.91 Å². The first-order valence-electron chi connectivity index (χ1n) is 9.50. The van der Waals surface area contributed by atoms with Crippen molar-refractivity contribution in [2.24, 2.45) is 0 Å². The summed E-state index contributed by atoms with van der Waals surface area (Å²) in [5.41, 5.74) is 2.36. The van der Waals surface area contributed by atoms with Crippen LogP contribution in [0.25, 0.3) is 0 Å². The zero-order valence-electron chi connectivity index (χ0n) is 16.1. The van der Waals surface area contributed by atoms with Gasteiger partial charge in [0.1, 0.15) is 11.5 Å². The monoisotopic (exact) mass is 368 g/mol. The van der Waals surface area contributed by atoms with Crippen LogP contribution < -0.4 is 14.8 Å². The van der Waals surface area contributed by atoms with E-state index in [1.807, 2.05) is 43.3 Å². The van der Waals surface area contributed by atoms with Gasteiger partial charge in [-0.1, -0.05) is 29.8 Å². The summed E-state index contributed by atoms with van der Waals surface area (Å²) < 4.78 is 10.8. The van der Waals surface area contributed by atoms with Gasteiger partial charge in [0.15, 0.2) is 6.61 Å². The van der Waals surface area contributed by atoms with Crippen molar-refractivity contribution in [2.45, 2.75) is 25.8 Å². The van der Waals surface area contributed by atoms with Gasteiger partial charge in [0.2, 0.25) is 0 Å². The van der Waals surface area contributed by atoms with Crippen LogP contribution in [0.3, 0.4) is 0 Å². The molecule has 0 saturated carbocycles. The predicted octanol–water partition coefficient (Wildman–Crippen LogP) is 3.34. The molecule has 0 spiro atoms. The number of methoxy groups -OCH3 is 1. The molecule has 1 saturated heterocycles. The Balaban J connectivity index is 1.56. The van der Waals surface area contributed by atoms with Gasteiger partial charge < -0.3 is 14.8 Å². The molecule has 3 rings (SSSR count). The lowest BCUT2D eigenvalue weighted by Gasteiger charge is -2.28. The number of carbonyl (C=O) groups is 1. The molecule has 1 atom stereocenters. The Morgan fingerprint density at radius 2 is 1.67 bits per heavy atom. The molecule has 1 amide bonds. The van der Waals surface area contributed by atoms with Gasteiger partial charge in [-0.25, -0.2) is 0 Å². The molecule has 27 heavy (non-hydrogen) atoms. The molecule has 2 aromatic carbocycles. The van der Waals surface area contributed by atoms with Gasteiger partial charge in [-0.05, 0) is 62.7 Å². The van der Waals surface area contributed by atoms with Crippen molar-refractivity contribution in [1.82, 2.24) is 10.2 Å². The molecule has 1 heterocycles. The van der Waals surface area contributed by atoms with Crippen molar-refractivity contribution in [2.75, 3.05) is 33.4 Å². The van der Waals surface area contributed by atoms with E-state index in [1.54, 1.807) is 7.11 Å². The van der Waals surface area contributed by atoms with Crippen LogP contribution in [0.1, 0.15) is 30.0 Å². The number of nitrogens with zero attached hydrogens (tertiary/aromatic N) is 1. The van der Waals surface area contributed by atoms with Crippen LogP contribution in [-0.2, 0) is 4.79 Å². The molecule has 1 fully saturated rings. The number of rotatable bonds is 8. The van der Waals surface area contributed by atoms with Gasteiger partial charge in [0.05, 0.1) is 13.2 Å². The third kappa shape index (κ3) is 5.47. The number of hydrogen-bond donors (Lipinski definition) is 1. The lowest BCUT2D eigenvalue weighted by atomic mass is 10.1. The van der Waals surface area contributed by atoms with Crippen LogP contribution in [0.15, 0.2) is 48.5 Å². The second-order valence-corrected chi connectivity index (χ2v) is 6.94. The second kappa shape index (κ2) is 9.42. The lowest BCUT2D eigenvalue weighted by Crippen LogP contribution is -2.38. The highest BCUT2D eigenvalue weighted by molar-refractivity contribution is 5.77. The molecule has 1 N–H and O–H groups in total. The maximum Gasteiger partial charge on any atom is 0.258 e. The molecule has 2 aromatic rings. The highest BCUT2D eigenvalue weighted by Crippen LogP contribution is 2.26. The number of amides is 1. The molecule has 0 unspecified atom stereocenters. The largest absolute Gasteiger partial charge is 0.497 e. The van der Waals surface area contributed by atoms with Crippen LogP contribution in [0.5, 0.6) is 11.5 Å². The Bertz CT molecular complexity index is 722. The van der Waals surface area contributed by atoms with Crippen LogP contribution in [0.4, 0.5) is 0 Å². The van der Waals surface area contributed by atoms with Gasteiger partial charge in [-0.2, -0.15) is 0 Å². The van der Waals surface area contributed by atoms with Crippen LogP contribution in [0, 0.1) is 6.92 Å². The number of carbonyl (C=O) groups excluding carboxylic acids is 1. The molecule has 144 valence electrons. The minimum absolute atomic E-state index is 0.0262. The summed E-state index contributed by atoms with van der Waals surface area (Å²) in [6, 6.07) is 16.0. The number of likely N-dealkylation sites (tertiary alicyclic amines) is 1. The van der Waals surface area contributed by atoms with Gasteiger partial charge >= 0.3 is 0 Å². The second-order valence-electron chi connectivity index (χ2n) is 6.94. The lowest BCUT2D eigenvalue weighted by molar-refractivity contribution is -0.123. The normalized spacial score (nSPS) is 15.3. The first kappa shape index (κ1) is 19.2. The third-order valence-electron chi connectivity index (χ3n) is 4.97. The van der Waals surface area contributed by atoms with E-state index in [-0.39, 0.29) is 18.6 Å². The summed E-state index contributed by atoms with van der Waals surface area (Å²) in [7, 11) is 1.67. The van der Waals surface area contributed by atoms with Gasteiger partial charge in [0, 0.05) is 6.54 Å². The van der Waals surface area contributed by atoms with E-state index in [0.717, 1.165) is 18.8 Å². The van der Waals surface area contributed by atoms with E-state index in [0.29, 0.717) is 12.3 Å². The highest BCUT2D eigenvalue weighted by atomic mass is 16.5. The fraction of sp³-hybridized carbons (Fsp3) is 0.409. The van der Waals surface area contributed by atoms with Gasteiger partial charge in [-0.3, -0.25) is 9.69 Å². The van der Waals surface area contributed by atoms with Crippen molar-refractivity contribution < 1.29 is 14.3 Å². The van der Waals surface area contributed by atoms with E-state index in [9.17, 15) is 4.79 Å². The van der Waals surface area contributed by atoms with Crippen molar-refractivity contribution in [1.29, 1.82) is 0 Å². The Hall–Kier alpha value is -2.53. The highest BCUT2D eigenvalue weighted by Gasteiger charge is 2.24. The molecule has 0 radical (unpaired) electrons. The zero-order chi connectivity index (χ0) is 19.1. The number of hydrogen-bond acceptors (Lipinski definition) is 4. The van der Waals surface area contributed by atoms with Gasteiger partial charge in [-0.15, -0.1) is 0 Å². The van der Waals surface area contributed by atoms with Crippen LogP contribution in [0.2, 0.25) is 0 Å². The standard InChI is InChI=1S/C22H28N2O3/c1-17-5-9-20(10-6-17)27-16-22(25)23-15-21(24-13-3-4-14-24)18-7-11-19(26-2)12-8-18/h5-12,21H,3-4,13-16H2,1-2H3,(H,23,25)/t21-/m0/s1. The van der Waals surface area contributed by atoms with E-state index < -0.39 is 0 Å². The summed E-state index contributed by atoms with van der Waals surface area (Å²) in [6.07, 6.45) is 2.41. The number of nitrogens with one attached hydrogen (secondary N) is 1. The van der Waals surface area contributed by atoms with Crippen molar-refractivity contribution in [3.63, 3.8) is 0 Å². The van der Waals surface area contributed by atoms with E-state index in [2.05, 4.69) is 22.3 Å². The maximum atomic E-state index is 12.3. The summed E-state index contributed by atoms with van der Waals surface area (Å²) in [6.45, 7) is 4.74.